The summed E-state index contributed by atoms with van der Waals surface area (Å²) < 4.78 is 76.2. The van der Waals surface area contributed by atoms with E-state index < -0.39 is 35.1 Å². The van der Waals surface area contributed by atoms with Gasteiger partial charge in [0.05, 0.1) is 11.1 Å². The van der Waals surface area contributed by atoms with Crippen molar-refractivity contribution in [1.29, 1.82) is 0 Å². The molecule has 11 heteroatoms. The Morgan fingerprint density at radius 2 is 1.73 bits per heavy atom. The first kappa shape index (κ1) is 14.4. The molecule has 5 nitrogen and oxygen atoms in total. The van der Waals surface area contributed by atoms with Crippen molar-refractivity contribution in [2.45, 2.75) is 12.4 Å². The van der Waals surface area contributed by atoms with Crippen molar-refractivity contribution in [3.63, 3.8) is 0 Å². The molecule has 22 heavy (non-hydrogen) atoms. The Bertz CT molecular complexity index is 936. The average Bonchev–Trinajstić information content (AvgIpc) is 2.83. The van der Waals surface area contributed by atoms with Crippen molar-refractivity contribution in [3.8, 4) is 0 Å². The molecular formula is C11H4F6N4O. The van der Waals surface area contributed by atoms with Crippen LogP contribution in [0.4, 0.5) is 26.3 Å². The largest absolute Gasteiger partial charge is 0.453 e. The molecule has 0 fully saturated rings. The molecule has 116 valence electrons. The number of alkyl halides is 6. The van der Waals surface area contributed by atoms with Crippen LogP contribution in [0.3, 0.4) is 0 Å². The van der Waals surface area contributed by atoms with Gasteiger partial charge in [0.15, 0.2) is 5.65 Å². The van der Waals surface area contributed by atoms with Gasteiger partial charge in [0.1, 0.15) is 0 Å². The first-order valence-electron chi connectivity index (χ1n) is 5.64. The molecule has 1 aromatic carbocycles. The third kappa shape index (κ3) is 2.18. The number of nitrogens with zero attached hydrogens (tertiary/aromatic N) is 3. The van der Waals surface area contributed by atoms with Crippen molar-refractivity contribution in [1.82, 2.24) is 19.6 Å². The number of aromatic nitrogens is 4. The van der Waals surface area contributed by atoms with E-state index in [4.69, 9.17) is 0 Å². The Morgan fingerprint density at radius 3 is 2.32 bits per heavy atom. The highest BCUT2D eigenvalue weighted by molar-refractivity contribution is 5.91. The molecular weight excluding hydrogens is 318 g/mol. The molecule has 0 amide bonds. The summed E-state index contributed by atoms with van der Waals surface area (Å²) in [5.41, 5.74) is -2.79. The van der Waals surface area contributed by atoms with E-state index in [1.54, 1.807) is 0 Å². The Balaban J connectivity index is 2.41. The molecule has 0 spiro atoms. The summed E-state index contributed by atoms with van der Waals surface area (Å²) in [5, 5.41) is 2.69. The summed E-state index contributed by atoms with van der Waals surface area (Å²) in [6.07, 6.45) is -9.61. The van der Waals surface area contributed by atoms with Crippen molar-refractivity contribution < 1.29 is 26.3 Å². The second-order valence-electron chi connectivity index (χ2n) is 4.36. The lowest BCUT2D eigenvalue weighted by Gasteiger charge is -2.07. The summed E-state index contributed by atoms with van der Waals surface area (Å²) in [5.74, 6) is -1.61. The van der Waals surface area contributed by atoms with Gasteiger partial charge in [-0.1, -0.05) is 0 Å². The summed E-state index contributed by atoms with van der Waals surface area (Å²) in [7, 11) is 0. The molecule has 0 saturated carbocycles. The molecule has 0 radical (unpaired) electrons. The van der Waals surface area contributed by atoms with Gasteiger partial charge in [-0.15, -0.1) is 5.10 Å². The fraction of sp³-hybridized carbons (Fsp3) is 0.182. The van der Waals surface area contributed by atoms with Crippen molar-refractivity contribution in [2.24, 2.45) is 0 Å². The Hall–Kier alpha value is -2.59. The van der Waals surface area contributed by atoms with Gasteiger partial charge in [-0.2, -0.15) is 30.9 Å². The van der Waals surface area contributed by atoms with Crippen molar-refractivity contribution in [2.75, 3.05) is 0 Å². The van der Waals surface area contributed by atoms with Crippen LogP contribution in [0.25, 0.3) is 16.6 Å². The molecule has 0 aliphatic heterocycles. The third-order valence-electron chi connectivity index (χ3n) is 2.88. The van der Waals surface area contributed by atoms with Gasteiger partial charge in [-0.3, -0.25) is 0 Å². The normalized spacial score (nSPS) is 13.2. The molecule has 0 bridgehead atoms. The fourth-order valence-electron chi connectivity index (χ4n) is 1.93. The summed E-state index contributed by atoms with van der Waals surface area (Å²) in [4.78, 5) is 16.9. The molecule has 0 aliphatic carbocycles. The second-order valence-corrected chi connectivity index (χ2v) is 4.36. The quantitative estimate of drug-likeness (QED) is 0.647. The van der Waals surface area contributed by atoms with Crippen LogP contribution in [0.15, 0.2) is 23.0 Å². The van der Waals surface area contributed by atoms with Crippen molar-refractivity contribution >= 4 is 16.6 Å². The number of H-pyrrole nitrogens is 1. The maximum atomic E-state index is 12.7. The van der Waals surface area contributed by atoms with Gasteiger partial charge < -0.3 is 4.98 Å². The smallest absolute Gasteiger partial charge is 0.305 e. The maximum Gasteiger partial charge on any atom is 0.453 e. The summed E-state index contributed by atoms with van der Waals surface area (Å²) >= 11 is 0. The Kier molecular flexibility index (Phi) is 2.75. The van der Waals surface area contributed by atoms with E-state index in [9.17, 15) is 31.1 Å². The minimum Gasteiger partial charge on any atom is -0.305 e. The lowest BCUT2D eigenvalue weighted by atomic mass is 10.1. The van der Waals surface area contributed by atoms with Gasteiger partial charge in [0.25, 0.3) is 5.82 Å². The van der Waals surface area contributed by atoms with Gasteiger partial charge in [0, 0.05) is 5.39 Å². The predicted molar refractivity (Wildman–Crippen MR) is 61.1 cm³/mol. The molecule has 3 rings (SSSR count). The first-order valence-corrected chi connectivity index (χ1v) is 5.64. The highest BCUT2D eigenvalue weighted by Crippen LogP contribution is 2.32. The highest BCUT2D eigenvalue weighted by atomic mass is 19.4. The zero-order chi connectivity index (χ0) is 16.3. The van der Waals surface area contributed by atoms with E-state index >= 15 is 0 Å². The standard InChI is InChI=1S/C11H4F6N4O/c12-10(13,14)4-1-2-6-5(3-4)7-19-8(11(15,16)17)20-21(7)9(22)18-6/h1-3H,(H,18,22). The minimum atomic E-state index is -4.92. The van der Waals surface area contributed by atoms with E-state index in [1.165, 1.54) is 0 Å². The molecule has 2 aromatic heterocycles. The molecule has 3 aromatic rings. The number of nitrogens with one attached hydrogen (secondary N) is 1. The van der Waals surface area contributed by atoms with E-state index in [1.807, 2.05) is 0 Å². The topological polar surface area (TPSA) is 63.0 Å². The number of aromatic amines is 1. The molecule has 2 heterocycles. The first-order chi connectivity index (χ1) is 10.1. The Morgan fingerprint density at radius 1 is 1.05 bits per heavy atom. The van der Waals surface area contributed by atoms with Gasteiger partial charge in [-0.05, 0) is 18.2 Å². The molecule has 0 unspecified atom stereocenters. The van der Waals surface area contributed by atoms with Gasteiger partial charge >= 0.3 is 18.0 Å². The van der Waals surface area contributed by atoms with Crippen LogP contribution in [0.1, 0.15) is 11.4 Å². The van der Waals surface area contributed by atoms with Crippen LogP contribution < -0.4 is 5.69 Å². The van der Waals surface area contributed by atoms with Crippen LogP contribution in [0.2, 0.25) is 0 Å². The highest BCUT2D eigenvalue weighted by Gasteiger charge is 2.37. The molecule has 0 saturated heterocycles. The number of fused-ring (bicyclic) bond motifs is 3. The van der Waals surface area contributed by atoms with E-state index in [-0.39, 0.29) is 15.4 Å². The monoisotopic (exact) mass is 322 g/mol. The SMILES string of the molecule is O=c1[nH]c2ccc(C(F)(F)F)cc2c2nc(C(F)(F)F)nn12. The molecule has 1 N–H and O–H groups in total. The molecule has 0 aliphatic rings. The van der Waals surface area contributed by atoms with Crippen LogP contribution in [-0.4, -0.2) is 19.6 Å². The summed E-state index contributed by atoms with van der Waals surface area (Å²) in [6, 6.07) is 2.26. The van der Waals surface area contributed by atoms with E-state index in [2.05, 4.69) is 15.1 Å². The minimum absolute atomic E-state index is 0.0772. The predicted octanol–water partition coefficient (Wildman–Crippen LogP) is 2.61. The van der Waals surface area contributed by atoms with E-state index in [0.717, 1.165) is 6.07 Å². The van der Waals surface area contributed by atoms with Crippen LogP contribution in [-0.2, 0) is 12.4 Å². The van der Waals surface area contributed by atoms with Gasteiger partial charge in [0.2, 0.25) is 0 Å². The molecule has 0 atom stereocenters. The maximum absolute atomic E-state index is 12.7. The summed E-state index contributed by atoms with van der Waals surface area (Å²) in [6.45, 7) is 0. The third-order valence-corrected chi connectivity index (χ3v) is 2.88. The average molecular weight is 322 g/mol. The Labute approximate surface area is 116 Å². The second kappa shape index (κ2) is 4.21. The lowest BCUT2D eigenvalue weighted by Crippen LogP contribution is -2.18. The van der Waals surface area contributed by atoms with Crippen molar-refractivity contribution in [3.05, 3.63) is 40.1 Å². The van der Waals surface area contributed by atoms with Gasteiger partial charge in [-0.25, -0.2) is 9.78 Å². The van der Waals surface area contributed by atoms with Crippen LogP contribution in [0, 0.1) is 0 Å². The number of hydrogen-bond donors (Lipinski definition) is 1. The van der Waals surface area contributed by atoms with E-state index in [0.29, 0.717) is 12.1 Å². The fourth-order valence-corrected chi connectivity index (χ4v) is 1.93. The van der Waals surface area contributed by atoms with Crippen LogP contribution in [0.5, 0.6) is 0 Å². The number of rotatable bonds is 0. The van der Waals surface area contributed by atoms with Crippen LogP contribution >= 0.6 is 0 Å². The zero-order valence-electron chi connectivity index (χ0n) is 10.2. The number of halogens is 6. The zero-order valence-corrected chi connectivity index (χ0v) is 10.2. The number of hydrogen-bond acceptors (Lipinski definition) is 3. The number of benzene rings is 1. The lowest BCUT2D eigenvalue weighted by molar-refractivity contribution is -0.144.